The normalized spacial score (nSPS) is 19.7. The minimum atomic E-state index is -0.105. The summed E-state index contributed by atoms with van der Waals surface area (Å²) in [4.78, 5) is 19.2. The Labute approximate surface area is 159 Å². The lowest BCUT2D eigenvalue weighted by molar-refractivity contribution is -0.137. The minimum Gasteiger partial charge on any atom is -0.497 e. The fraction of sp³-hybridized carbons (Fsp3) is 0.429. The third-order valence-corrected chi connectivity index (χ3v) is 5.35. The second-order valence-corrected chi connectivity index (χ2v) is 7.14. The van der Waals surface area contributed by atoms with E-state index in [9.17, 15) is 4.79 Å². The van der Waals surface area contributed by atoms with E-state index in [0.29, 0.717) is 12.6 Å². The van der Waals surface area contributed by atoms with Crippen LogP contribution in [0.5, 0.6) is 11.5 Å². The van der Waals surface area contributed by atoms with Gasteiger partial charge in [-0.05, 0) is 43.0 Å². The van der Waals surface area contributed by atoms with Gasteiger partial charge in [0.1, 0.15) is 23.9 Å². The van der Waals surface area contributed by atoms with Crippen molar-refractivity contribution in [1.82, 2.24) is 9.88 Å². The quantitative estimate of drug-likeness (QED) is 0.900. The summed E-state index contributed by atoms with van der Waals surface area (Å²) in [5, 5.41) is 3.46. The van der Waals surface area contributed by atoms with Gasteiger partial charge in [-0.3, -0.25) is 4.79 Å². The molecule has 142 valence electrons. The Morgan fingerprint density at radius 3 is 2.85 bits per heavy atom. The number of benzene rings is 1. The van der Waals surface area contributed by atoms with Gasteiger partial charge in [0.2, 0.25) is 5.91 Å². The van der Waals surface area contributed by atoms with Gasteiger partial charge in [-0.25, -0.2) is 4.98 Å². The summed E-state index contributed by atoms with van der Waals surface area (Å²) >= 11 is 0. The van der Waals surface area contributed by atoms with Gasteiger partial charge in [-0.15, -0.1) is 0 Å². The number of amides is 1. The molecule has 0 radical (unpaired) electrons. The number of nitrogens with zero attached hydrogens (tertiary/aromatic N) is 2. The number of carbonyl (C=O) groups is 1. The van der Waals surface area contributed by atoms with Crippen molar-refractivity contribution in [3.63, 3.8) is 0 Å². The van der Waals surface area contributed by atoms with Crippen molar-refractivity contribution in [2.75, 3.05) is 32.1 Å². The molecule has 0 aliphatic carbocycles. The number of hydrogen-bond donors (Lipinski definition) is 1. The maximum absolute atomic E-state index is 12.9. The van der Waals surface area contributed by atoms with Crippen LogP contribution >= 0.6 is 0 Å². The highest BCUT2D eigenvalue weighted by Crippen LogP contribution is 2.32. The van der Waals surface area contributed by atoms with E-state index in [2.05, 4.69) is 10.3 Å². The topological polar surface area (TPSA) is 63.7 Å². The standard InChI is InChI=1S/C21H25N3O3/c1-26-18-6-5-15-12-16(14-27-19(15)13-18)21(25)24-10-7-17(8-11-24)23-20-4-2-3-9-22-20/h2-6,9,13,16-17H,7-8,10-12,14H2,1H3,(H,22,23). The highest BCUT2D eigenvalue weighted by molar-refractivity contribution is 5.80. The van der Waals surface area contributed by atoms with E-state index in [1.807, 2.05) is 41.3 Å². The second-order valence-electron chi connectivity index (χ2n) is 7.14. The molecule has 2 aliphatic rings. The van der Waals surface area contributed by atoms with Gasteiger partial charge >= 0.3 is 0 Å². The Morgan fingerprint density at radius 2 is 2.11 bits per heavy atom. The summed E-state index contributed by atoms with van der Waals surface area (Å²) < 4.78 is 11.1. The summed E-state index contributed by atoms with van der Waals surface area (Å²) in [5.74, 6) is 2.60. The number of ether oxygens (including phenoxy) is 2. The van der Waals surface area contributed by atoms with Crippen molar-refractivity contribution in [1.29, 1.82) is 0 Å². The molecule has 0 saturated carbocycles. The maximum atomic E-state index is 12.9. The van der Waals surface area contributed by atoms with E-state index in [0.717, 1.165) is 55.2 Å². The fourth-order valence-electron chi connectivity index (χ4n) is 3.80. The number of anilines is 1. The zero-order valence-electron chi connectivity index (χ0n) is 15.6. The molecule has 0 bridgehead atoms. The second kappa shape index (κ2) is 7.86. The molecule has 2 aliphatic heterocycles. The summed E-state index contributed by atoms with van der Waals surface area (Å²) in [5.41, 5.74) is 1.08. The summed E-state index contributed by atoms with van der Waals surface area (Å²) in [6.45, 7) is 1.98. The molecular weight excluding hydrogens is 342 g/mol. The smallest absolute Gasteiger partial charge is 0.229 e. The predicted molar refractivity (Wildman–Crippen MR) is 103 cm³/mol. The van der Waals surface area contributed by atoms with Gasteiger partial charge in [0.05, 0.1) is 13.0 Å². The number of aromatic nitrogens is 1. The van der Waals surface area contributed by atoms with Gasteiger partial charge in [-0.1, -0.05) is 12.1 Å². The SMILES string of the molecule is COc1ccc2c(c1)OCC(C(=O)N1CCC(Nc3ccccn3)CC1)C2. The molecule has 0 spiro atoms. The van der Waals surface area contributed by atoms with Crippen LogP contribution in [0.15, 0.2) is 42.6 Å². The summed E-state index contributed by atoms with van der Waals surface area (Å²) in [6.07, 6.45) is 4.38. The largest absolute Gasteiger partial charge is 0.497 e. The first-order valence-electron chi connectivity index (χ1n) is 9.49. The Kier molecular flexibility index (Phi) is 5.14. The lowest BCUT2D eigenvalue weighted by Gasteiger charge is -2.35. The number of carbonyl (C=O) groups excluding carboxylic acids is 1. The molecule has 1 N–H and O–H groups in total. The summed E-state index contributed by atoms with van der Waals surface area (Å²) in [7, 11) is 1.64. The minimum absolute atomic E-state index is 0.105. The fourth-order valence-corrected chi connectivity index (χ4v) is 3.80. The van der Waals surface area contributed by atoms with Crippen LogP contribution in [0.1, 0.15) is 18.4 Å². The van der Waals surface area contributed by atoms with Crippen molar-refractivity contribution >= 4 is 11.7 Å². The van der Waals surface area contributed by atoms with Gasteiger partial charge in [-0.2, -0.15) is 0 Å². The van der Waals surface area contributed by atoms with Gasteiger partial charge in [0, 0.05) is 31.4 Å². The van der Waals surface area contributed by atoms with E-state index in [1.165, 1.54) is 0 Å². The molecule has 1 fully saturated rings. The monoisotopic (exact) mass is 367 g/mol. The van der Waals surface area contributed by atoms with Crippen molar-refractivity contribution in [3.05, 3.63) is 48.2 Å². The summed E-state index contributed by atoms with van der Waals surface area (Å²) in [6, 6.07) is 12.0. The molecule has 2 aromatic rings. The molecule has 1 aromatic carbocycles. The lowest BCUT2D eigenvalue weighted by atomic mass is 9.94. The molecule has 6 nitrogen and oxygen atoms in total. The molecule has 27 heavy (non-hydrogen) atoms. The van der Waals surface area contributed by atoms with Gasteiger partial charge < -0.3 is 19.7 Å². The Balaban J connectivity index is 1.32. The number of fused-ring (bicyclic) bond motifs is 1. The highest BCUT2D eigenvalue weighted by Gasteiger charge is 2.32. The van der Waals surface area contributed by atoms with Gasteiger partial charge in [0.25, 0.3) is 0 Å². The first kappa shape index (κ1) is 17.6. The average molecular weight is 367 g/mol. The van der Waals surface area contributed by atoms with Crippen molar-refractivity contribution < 1.29 is 14.3 Å². The van der Waals surface area contributed by atoms with Crippen LogP contribution in [0.25, 0.3) is 0 Å². The molecule has 1 unspecified atom stereocenters. The number of piperidine rings is 1. The van der Waals surface area contributed by atoms with E-state index < -0.39 is 0 Å². The highest BCUT2D eigenvalue weighted by atomic mass is 16.5. The van der Waals surface area contributed by atoms with Crippen LogP contribution in [0.2, 0.25) is 0 Å². The molecule has 1 amide bonds. The number of rotatable bonds is 4. The molecular formula is C21H25N3O3. The zero-order chi connectivity index (χ0) is 18.6. The average Bonchev–Trinajstić information content (AvgIpc) is 2.74. The predicted octanol–water partition coefficient (Wildman–Crippen LogP) is 2.74. The number of likely N-dealkylation sites (tertiary alicyclic amines) is 1. The zero-order valence-corrected chi connectivity index (χ0v) is 15.6. The van der Waals surface area contributed by atoms with Crippen LogP contribution in [0.4, 0.5) is 5.82 Å². The van der Waals surface area contributed by atoms with Crippen LogP contribution in [0, 0.1) is 5.92 Å². The van der Waals surface area contributed by atoms with Crippen LogP contribution in [-0.2, 0) is 11.2 Å². The first-order valence-corrected chi connectivity index (χ1v) is 9.49. The van der Waals surface area contributed by atoms with Crippen molar-refractivity contribution in [3.8, 4) is 11.5 Å². The third-order valence-electron chi connectivity index (χ3n) is 5.35. The van der Waals surface area contributed by atoms with Crippen LogP contribution in [-0.4, -0.2) is 48.6 Å². The Morgan fingerprint density at radius 1 is 1.26 bits per heavy atom. The van der Waals surface area contributed by atoms with Crippen LogP contribution in [0.3, 0.4) is 0 Å². The molecule has 6 heteroatoms. The molecule has 1 saturated heterocycles. The number of hydrogen-bond acceptors (Lipinski definition) is 5. The Hall–Kier alpha value is -2.76. The molecule has 4 rings (SSSR count). The number of pyridine rings is 1. The van der Waals surface area contributed by atoms with E-state index >= 15 is 0 Å². The number of nitrogens with one attached hydrogen (secondary N) is 1. The Bertz CT molecular complexity index is 789. The van der Waals surface area contributed by atoms with E-state index in [-0.39, 0.29) is 11.8 Å². The van der Waals surface area contributed by atoms with E-state index in [4.69, 9.17) is 9.47 Å². The number of methoxy groups -OCH3 is 1. The van der Waals surface area contributed by atoms with Crippen LogP contribution < -0.4 is 14.8 Å². The van der Waals surface area contributed by atoms with E-state index in [1.54, 1.807) is 13.3 Å². The maximum Gasteiger partial charge on any atom is 0.229 e. The molecule has 1 atom stereocenters. The van der Waals surface area contributed by atoms with Crippen molar-refractivity contribution in [2.45, 2.75) is 25.3 Å². The third kappa shape index (κ3) is 3.99. The lowest BCUT2D eigenvalue weighted by Crippen LogP contribution is -2.47. The van der Waals surface area contributed by atoms with Gasteiger partial charge in [0.15, 0.2) is 0 Å². The van der Waals surface area contributed by atoms with Crippen molar-refractivity contribution in [2.24, 2.45) is 5.92 Å². The molecule has 1 aromatic heterocycles. The first-order chi connectivity index (χ1) is 13.2. The molecule has 3 heterocycles.